The van der Waals surface area contributed by atoms with Crippen molar-refractivity contribution in [3.8, 4) is 11.5 Å². The van der Waals surface area contributed by atoms with Crippen LogP contribution in [0.25, 0.3) is 0 Å². The highest BCUT2D eigenvalue weighted by Gasteiger charge is 2.33. The lowest BCUT2D eigenvalue weighted by atomic mass is 10.3. The van der Waals surface area contributed by atoms with Gasteiger partial charge >= 0.3 is 11.9 Å². The summed E-state index contributed by atoms with van der Waals surface area (Å²) in [5.41, 5.74) is 0. The molecule has 0 radical (unpaired) electrons. The third-order valence-electron chi connectivity index (χ3n) is 2.15. The van der Waals surface area contributed by atoms with Crippen molar-refractivity contribution in [2.75, 3.05) is 20.0 Å². The zero-order valence-corrected chi connectivity index (χ0v) is 10.8. The molecule has 0 amide bonds. The highest BCUT2D eigenvalue weighted by atomic mass is 32.1. The van der Waals surface area contributed by atoms with Crippen LogP contribution in [-0.4, -0.2) is 31.9 Å². The molecule has 0 aliphatic carbocycles. The first-order valence-corrected chi connectivity index (χ1v) is 6.27. The summed E-state index contributed by atoms with van der Waals surface area (Å²) in [6.07, 6.45) is 0. The molecule has 98 valence electrons. The second kappa shape index (κ2) is 5.26. The first-order valence-electron chi connectivity index (χ1n) is 5.45. The highest BCUT2D eigenvalue weighted by molar-refractivity contribution is 7.16. The number of hydrogen-bond acceptors (Lipinski definition) is 7. The summed E-state index contributed by atoms with van der Waals surface area (Å²) in [5, 5.41) is 0. The van der Waals surface area contributed by atoms with E-state index in [1.165, 1.54) is 0 Å². The van der Waals surface area contributed by atoms with E-state index < -0.39 is 11.9 Å². The van der Waals surface area contributed by atoms with Crippen molar-refractivity contribution >= 4 is 23.3 Å². The summed E-state index contributed by atoms with van der Waals surface area (Å²) >= 11 is 0.959. The third-order valence-corrected chi connectivity index (χ3v) is 3.26. The molecular formula is C11H12O6S. The van der Waals surface area contributed by atoms with Gasteiger partial charge in [-0.1, -0.05) is 0 Å². The Morgan fingerprint density at radius 2 is 1.50 bits per heavy atom. The molecule has 7 heteroatoms. The monoisotopic (exact) mass is 272 g/mol. The Morgan fingerprint density at radius 3 is 1.89 bits per heavy atom. The second-order valence-electron chi connectivity index (χ2n) is 3.27. The van der Waals surface area contributed by atoms with Crippen molar-refractivity contribution in [3.63, 3.8) is 0 Å². The number of carbonyl (C=O) groups excluding carboxylic acids is 2. The molecule has 0 atom stereocenters. The lowest BCUT2D eigenvalue weighted by Crippen LogP contribution is -2.06. The Morgan fingerprint density at radius 1 is 1.06 bits per heavy atom. The maximum atomic E-state index is 11.7. The van der Waals surface area contributed by atoms with Crippen molar-refractivity contribution in [1.29, 1.82) is 0 Å². The van der Waals surface area contributed by atoms with Gasteiger partial charge in [0.25, 0.3) is 0 Å². The van der Waals surface area contributed by atoms with Crippen LogP contribution in [0.5, 0.6) is 11.5 Å². The van der Waals surface area contributed by atoms with Gasteiger partial charge in [-0.15, -0.1) is 11.3 Å². The molecule has 0 N–H and O–H groups in total. The Hall–Kier alpha value is -1.76. The van der Waals surface area contributed by atoms with E-state index in [2.05, 4.69) is 0 Å². The van der Waals surface area contributed by atoms with Gasteiger partial charge in [-0.25, -0.2) is 9.59 Å². The fourth-order valence-corrected chi connectivity index (χ4v) is 2.45. The van der Waals surface area contributed by atoms with Gasteiger partial charge in [-0.2, -0.15) is 0 Å². The fraction of sp³-hybridized carbons (Fsp3) is 0.455. The summed E-state index contributed by atoms with van der Waals surface area (Å²) in [7, 11) is 0. The molecule has 0 saturated carbocycles. The molecule has 0 aromatic carbocycles. The van der Waals surface area contributed by atoms with Crippen LogP contribution < -0.4 is 9.47 Å². The van der Waals surface area contributed by atoms with E-state index >= 15 is 0 Å². The van der Waals surface area contributed by atoms with Crippen molar-refractivity contribution in [1.82, 2.24) is 0 Å². The minimum atomic E-state index is -0.528. The summed E-state index contributed by atoms with van der Waals surface area (Å²) in [5.74, 6) is -0.525. The van der Waals surface area contributed by atoms with E-state index in [0.717, 1.165) is 11.3 Å². The zero-order chi connectivity index (χ0) is 13.1. The number of rotatable bonds is 4. The van der Waals surface area contributed by atoms with Crippen molar-refractivity contribution in [2.24, 2.45) is 0 Å². The Bertz CT molecular complexity index is 438. The number of fused-ring (bicyclic) bond motifs is 1. The fourth-order valence-electron chi connectivity index (χ4n) is 1.47. The minimum Gasteiger partial charge on any atom is -0.462 e. The van der Waals surface area contributed by atoms with Crippen LogP contribution in [0.15, 0.2) is 0 Å². The maximum absolute atomic E-state index is 11.7. The highest BCUT2D eigenvalue weighted by Crippen LogP contribution is 2.45. The van der Waals surface area contributed by atoms with Crippen LogP contribution in [0, 0.1) is 0 Å². The van der Waals surface area contributed by atoms with Gasteiger partial charge in [-0.3, -0.25) is 0 Å². The van der Waals surface area contributed by atoms with Gasteiger partial charge in [0.05, 0.1) is 13.2 Å². The predicted octanol–water partition coefficient (Wildman–Crippen LogP) is 1.83. The van der Waals surface area contributed by atoms with Gasteiger partial charge in [0, 0.05) is 0 Å². The average Bonchev–Trinajstić information content (AvgIpc) is 2.89. The van der Waals surface area contributed by atoms with Gasteiger partial charge in [0.1, 0.15) is 0 Å². The van der Waals surface area contributed by atoms with E-state index in [1.54, 1.807) is 13.8 Å². The number of esters is 2. The predicted molar refractivity (Wildman–Crippen MR) is 62.4 cm³/mol. The summed E-state index contributed by atoms with van der Waals surface area (Å²) in [6, 6.07) is 0. The Kier molecular flexibility index (Phi) is 3.71. The summed E-state index contributed by atoms with van der Waals surface area (Å²) in [4.78, 5) is 23.9. The van der Waals surface area contributed by atoms with Crippen LogP contribution in [0.1, 0.15) is 33.2 Å². The lowest BCUT2D eigenvalue weighted by Gasteiger charge is -2.01. The molecule has 1 aliphatic rings. The van der Waals surface area contributed by atoms with E-state index in [-0.39, 0.29) is 41.3 Å². The number of ether oxygens (including phenoxy) is 4. The first kappa shape index (κ1) is 12.7. The van der Waals surface area contributed by atoms with E-state index in [9.17, 15) is 9.59 Å². The molecule has 0 saturated heterocycles. The van der Waals surface area contributed by atoms with E-state index in [1.807, 2.05) is 0 Å². The standard InChI is InChI=1S/C11H12O6S/c1-3-14-10(12)8-6-7(17-5-16-6)9(18-8)11(13)15-4-2/h3-5H2,1-2H3. The molecule has 18 heavy (non-hydrogen) atoms. The quantitative estimate of drug-likeness (QED) is 0.779. The largest absolute Gasteiger partial charge is 0.462 e. The Labute approximate surface area is 107 Å². The van der Waals surface area contributed by atoms with Crippen molar-refractivity contribution in [3.05, 3.63) is 9.75 Å². The molecule has 1 aliphatic heterocycles. The molecule has 2 rings (SSSR count). The van der Waals surface area contributed by atoms with Crippen LogP contribution in [0.2, 0.25) is 0 Å². The van der Waals surface area contributed by atoms with Crippen molar-refractivity contribution < 1.29 is 28.5 Å². The van der Waals surface area contributed by atoms with Crippen molar-refractivity contribution in [2.45, 2.75) is 13.8 Å². The SMILES string of the molecule is CCOC(=O)c1sc(C(=O)OCC)c2c1OCO2. The second-order valence-corrected chi connectivity index (χ2v) is 4.29. The molecule has 0 bridgehead atoms. The van der Waals surface area contributed by atoms with Gasteiger partial charge in [0.2, 0.25) is 6.79 Å². The maximum Gasteiger partial charge on any atom is 0.352 e. The molecule has 1 aromatic heterocycles. The lowest BCUT2D eigenvalue weighted by molar-refractivity contribution is 0.0522. The van der Waals surface area contributed by atoms with Gasteiger partial charge in [0.15, 0.2) is 21.3 Å². The summed E-state index contributed by atoms with van der Waals surface area (Å²) < 4.78 is 20.2. The van der Waals surface area contributed by atoms with E-state index in [0.29, 0.717) is 0 Å². The molecule has 0 fully saturated rings. The number of thiophene rings is 1. The zero-order valence-electron chi connectivity index (χ0n) is 9.98. The molecule has 2 heterocycles. The van der Waals surface area contributed by atoms with Crippen LogP contribution >= 0.6 is 11.3 Å². The number of hydrogen-bond donors (Lipinski definition) is 0. The third kappa shape index (κ3) is 2.13. The molecule has 0 unspecified atom stereocenters. The first-order chi connectivity index (χ1) is 8.69. The van der Waals surface area contributed by atoms with Crippen LogP contribution in [0.4, 0.5) is 0 Å². The smallest absolute Gasteiger partial charge is 0.352 e. The normalized spacial score (nSPS) is 12.3. The molecular weight excluding hydrogens is 260 g/mol. The Balaban J connectivity index is 2.36. The van der Waals surface area contributed by atoms with Crippen LogP contribution in [0.3, 0.4) is 0 Å². The molecule has 6 nitrogen and oxygen atoms in total. The average molecular weight is 272 g/mol. The molecule has 0 spiro atoms. The van der Waals surface area contributed by atoms with Gasteiger partial charge < -0.3 is 18.9 Å². The number of carbonyl (C=O) groups is 2. The topological polar surface area (TPSA) is 71.1 Å². The minimum absolute atomic E-state index is 0.0168. The summed E-state index contributed by atoms with van der Waals surface area (Å²) in [6.45, 7) is 3.89. The van der Waals surface area contributed by atoms with E-state index in [4.69, 9.17) is 18.9 Å². The van der Waals surface area contributed by atoms with Gasteiger partial charge in [-0.05, 0) is 13.8 Å². The van der Waals surface area contributed by atoms with Crippen LogP contribution in [-0.2, 0) is 9.47 Å². The molecule has 1 aromatic rings.